The number of nitrogens with zero attached hydrogens (tertiary/aromatic N) is 5. The molecule has 3 aromatic heterocycles. The van der Waals surface area contributed by atoms with Gasteiger partial charge < -0.3 is 0 Å². The number of aromatic nitrogens is 5. The van der Waals surface area contributed by atoms with Gasteiger partial charge in [-0.25, -0.2) is 14.6 Å². The smallest absolute Gasteiger partial charge is 0.142 e. The van der Waals surface area contributed by atoms with Crippen LogP contribution >= 0.6 is 22.7 Å². The average Bonchev–Trinajstić information content (AvgIpc) is 3.62. The van der Waals surface area contributed by atoms with Crippen molar-refractivity contribution in [2.75, 3.05) is 0 Å². The molecule has 6 rings (SSSR count). The van der Waals surface area contributed by atoms with E-state index in [1.165, 1.54) is 0 Å². The molecule has 0 saturated carbocycles. The van der Waals surface area contributed by atoms with Crippen molar-refractivity contribution in [2.24, 2.45) is 0 Å². The number of rotatable bonds is 6. The lowest BCUT2D eigenvalue weighted by atomic mass is 10.1. The largest absolute Gasteiger partial charge is 0.238 e. The Labute approximate surface area is 217 Å². The fraction of sp³-hybridized carbons (Fsp3) is 0.103. The van der Waals surface area contributed by atoms with E-state index in [1.54, 1.807) is 22.7 Å². The second-order valence-corrected chi connectivity index (χ2v) is 10.9. The van der Waals surface area contributed by atoms with Gasteiger partial charge in [0.25, 0.3) is 0 Å². The van der Waals surface area contributed by atoms with Gasteiger partial charge in [0, 0.05) is 20.9 Å². The van der Waals surface area contributed by atoms with Gasteiger partial charge in [0.05, 0.1) is 6.54 Å². The van der Waals surface area contributed by atoms with Crippen LogP contribution in [0.4, 0.5) is 0 Å². The van der Waals surface area contributed by atoms with E-state index < -0.39 is 0 Å². The minimum Gasteiger partial charge on any atom is -0.238 e. The molecule has 0 amide bonds. The van der Waals surface area contributed by atoms with Gasteiger partial charge >= 0.3 is 0 Å². The molecular formula is C29H23N5S2. The minimum absolute atomic E-state index is 0.607. The molecule has 0 bridgehead atoms. The van der Waals surface area contributed by atoms with Crippen LogP contribution in [0.2, 0.25) is 0 Å². The molecule has 3 heterocycles. The van der Waals surface area contributed by atoms with Gasteiger partial charge in [-0.3, -0.25) is 0 Å². The number of benzene rings is 3. The summed E-state index contributed by atoms with van der Waals surface area (Å²) in [5.41, 5.74) is 6.82. The normalized spacial score (nSPS) is 11.2. The second kappa shape index (κ2) is 9.60. The van der Waals surface area contributed by atoms with Crippen LogP contribution in [-0.2, 0) is 6.54 Å². The van der Waals surface area contributed by atoms with Gasteiger partial charge in [0.2, 0.25) is 0 Å². The zero-order valence-corrected chi connectivity index (χ0v) is 21.6. The Hall–Kier alpha value is -3.94. The maximum Gasteiger partial charge on any atom is 0.142 e. The fourth-order valence-electron chi connectivity index (χ4n) is 4.21. The molecule has 6 aromatic rings. The summed E-state index contributed by atoms with van der Waals surface area (Å²) < 4.78 is 1.96. The van der Waals surface area contributed by atoms with Crippen molar-refractivity contribution < 1.29 is 0 Å². The summed E-state index contributed by atoms with van der Waals surface area (Å²) in [6.45, 7) is 4.82. The Kier molecular flexibility index (Phi) is 6.01. The van der Waals surface area contributed by atoms with Crippen molar-refractivity contribution in [1.29, 1.82) is 0 Å². The van der Waals surface area contributed by atoms with Gasteiger partial charge in [0.1, 0.15) is 32.8 Å². The highest BCUT2D eigenvalue weighted by molar-refractivity contribution is 7.15. The lowest BCUT2D eigenvalue weighted by Gasteiger charge is -2.07. The molecule has 0 atom stereocenters. The molecule has 7 heteroatoms. The Morgan fingerprint density at radius 2 is 1.11 bits per heavy atom. The first-order valence-electron chi connectivity index (χ1n) is 11.7. The predicted octanol–water partition coefficient (Wildman–Crippen LogP) is 7.52. The SMILES string of the molecule is Cc1sc(-c2ccccc2)nc1-c1nnn(Cc2ccccc2)c1-c1nc(-c2ccccc2)sc1C. The highest BCUT2D eigenvalue weighted by Gasteiger charge is 2.25. The van der Waals surface area contributed by atoms with Crippen LogP contribution in [0, 0.1) is 13.8 Å². The molecule has 0 aliphatic heterocycles. The molecular weight excluding hydrogens is 482 g/mol. The molecule has 36 heavy (non-hydrogen) atoms. The number of aryl methyl sites for hydroxylation is 2. The van der Waals surface area contributed by atoms with Crippen LogP contribution in [0.1, 0.15) is 15.3 Å². The fourth-order valence-corrected chi connectivity index (χ4v) is 6.05. The number of thiazole rings is 2. The standard InChI is InChI=1S/C29H23N5S2/c1-19-24(30-28(35-19)22-14-8-4-9-15-22)26-27(34(33-32-26)18-21-12-6-3-7-13-21)25-20(2)36-29(31-25)23-16-10-5-11-17-23/h3-17H,18H2,1-2H3. The second-order valence-electron chi connectivity index (χ2n) is 8.51. The summed E-state index contributed by atoms with van der Waals surface area (Å²) in [4.78, 5) is 12.4. The summed E-state index contributed by atoms with van der Waals surface area (Å²) in [6.07, 6.45) is 0. The van der Waals surface area contributed by atoms with E-state index >= 15 is 0 Å². The molecule has 0 N–H and O–H groups in total. The molecule has 0 spiro atoms. The average molecular weight is 506 g/mol. The lowest BCUT2D eigenvalue weighted by Crippen LogP contribution is -2.05. The van der Waals surface area contributed by atoms with Crippen molar-refractivity contribution in [3.63, 3.8) is 0 Å². The van der Waals surface area contributed by atoms with E-state index in [0.29, 0.717) is 6.54 Å². The summed E-state index contributed by atoms with van der Waals surface area (Å²) in [5.74, 6) is 0. The quantitative estimate of drug-likeness (QED) is 0.235. The van der Waals surface area contributed by atoms with Crippen LogP contribution in [0.25, 0.3) is 43.9 Å². The third-order valence-electron chi connectivity index (χ3n) is 5.99. The molecule has 0 fully saturated rings. The van der Waals surface area contributed by atoms with Gasteiger partial charge in [-0.05, 0) is 19.4 Å². The predicted molar refractivity (Wildman–Crippen MR) is 148 cm³/mol. The van der Waals surface area contributed by atoms with Crippen molar-refractivity contribution in [3.8, 4) is 43.9 Å². The van der Waals surface area contributed by atoms with Crippen molar-refractivity contribution in [1.82, 2.24) is 25.0 Å². The van der Waals surface area contributed by atoms with Gasteiger partial charge in [-0.2, -0.15) is 0 Å². The topological polar surface area (TPSA) is 56.5 Å². The maximum absolute atomic E-state index is 5.10. The molecule has 0 unspecified atom stereocenters. The number of hydrogen-bond donors (Lipinski definition) is 0. The van der Waals surface area contributed by atoms with Crippen LogP contribution in [0.3, 0.4) is 0 Å². The molecule has 0 saturated heterocycles. The molecule has 5 nitrogen and oxygen atoms in total. The molecule has 0 aliphatic rings. The zero-order valence-electron chi connectivity index (χ0n) is 19.9. The van der Waals surface area contributed by atoms with Crippen LogP contribution < -0.4 is 0 Å². The highest BCUT2D eigenvalue weighted by atomic mass is 32.1. The lowest BCUT2D eigenvalue weighted by molar-refractivity contribution is 0.654. The van der Waals surface area contributed by atoms with Crippen molar-refractivity contribution in [2.45, 2.75) is 20.4 Å². The third-order valence-corrected chi connectivity index (χ3v) is 8.03. The van der Waals surface area contributed by atoms with E-state index in [2.05, 4.69) is 60.6 Å². The van der Waals surface area contributed by atoms with Gasteiger partial charge in [-0.15, -0.1) is 27.8 Å². The first kappa shape index (κ1) is 22.5. The molecule has 3 aromatic carbocycles. The van der Waals surface area contributed by atoms with Crippen LogP contribution in [0.5, 0.6) is 0 Å². The summed E-state index contributed by atoms with van der Waals surface area (Å²) in [6, 6.07) is 30.9. The van der Waals surface area contributed by atoms with E-state index in [4.69, 9.17) is 9.97 Å². The molecule has 0 radical (unpaired) electrons. The zero-order chi connectivity index (χ0) is 24.5. The Morgan fingerprint density at radius 3 is 1.69 bits per heavy atom. The summed E-state index contributed by atoms with van der Waals surface area (Å²) in [5, 5.41) is 11.2. The minimum atomic E-state index is 0.607. The van der Waals surface area contributed by atoms with E-state index in [-0.39, 0.29) is 0 Å². The molecule has 176 valence electrons. The monoisotopic (exact) mass is 505 g/mol. The molecule has 0 aliphatic carbocycles. The van der Waals surface area contributed by atoms with Crippen molar-refractivity contribution in [3.05, 3.63) is 106 Å². The van der Waals surface area contributed by atoms with Gasteiger partial charge in [0.15, 0.2) is 0 Å². The Bertz CT molecular complexity index is 1620. The van der Waals surface area contributed by atoms with E-state index in [0.717, 1.165) is 59.2 Å². The summed E-state index contributed by atoms with van der Waals surface area (Å²) >= 11 is 3.37. The van der Waals surface area contributed by atoms with Crippen molar-refractivity contribution >= 4 is 22.7 Å². The Balaban J connectivity index is 1.51. The number of hydrogen-bond acceptors (Lipinski definition) is 6. The first-order chi connectivity index (χ1) is 17.7. The van der Waals surface area contributed by atoms with E-state index in [1.807, 2.05) is 59.3 Å². The third kappa shape index (κ3) is 4.27. The highest BCUT2D eigenvalue weighted by Crippen LogP contribution is 2.40. The van der Waals surface area contributed by atoms with Gasteiger partial charge in [-0.1, -0.05) is 96.2 Å². The maximum atomic E-state index is 5.10. The van der Waals surface area contributed by atoms with Crippen LogP contribution in [0.15, 0.2) is 91.0 Å². The summed E-state index contributed by atoms with van der Waals surface area (Å²) in [7, 11) is 0. The van der Waals surface area contributed by atoms with E-state index in [9.17, 15) is 0 Å². The first-order valence-corrected chi connectivity index (χ1v) is 13.3. The van der Waals surface area contributed by atoms with Crippen LogP contribution in [-0.4, -0.2) is 25.0 Å². The Morgan fingerprint density at radius 1 is 0.611 bits per heavy atom.